The van der Waals surface area contributed by atoms with Gasteiger partial charge < -0.3 is 9.47 Å². The van der Waals surface area contributed by atoms with Crippen molar-refractivity contribution in [2.75, 3.05) is 20.3 Å². The molecule has 0 aliphatic carbocycles. The van der Waals surface area contributed by atoms with Gasteiger partial charge in [-0.1, -0.05) is 6.07 Å². The van der Waals surface area contributed by atoms with Gasteiger partial charge in [0.15, 0.2) is 0 Å². The maximum atomic E-state index is 5.41. The van der Waals surface area contributed by atoms with E-state index in [1.165, 1.54) is 0 Å². The number of hydrogen-bond acceptors (Lipinski definition) is 3. The molecule has 0 saturated carbocycles. The molecule has 0 atom stereocenters. The first-order chi connectivity index (χ1) is 6.83. The van der Waals surface area contributed by atoms with E-state index in [1.54, 1.807) is 7.11 Å². The minimum Gasteiger partial charge on any atom is -0.496 e. The lowest BCUT2D eigenvalue weighted by Gasteiger charge is -2.09. The highest BCUT2D eigenvalue weighted by Gasteiger charge is 2.14. The van der Waals surface area contributed by atoms with Gasteiger partial charge in [0.25, 0.3) is 0 Å². The van der Waals surface area contributed by atoms with Gasteiger partial charge in [-0.3, -0.25) is 0 Å². The molecule has 0 aromatic heterocycles. The molecular formula is C11H13NO2. The molecule has 0 unspecified atom stereocenters. The Bertz CT molecular complexity index is 372. The van der Waals surface area contributed by atoms with E-state index in [4.69, 9.17) is 9.47 Å². The van der Waals surface area contributed by atoms with Gasteiger partial charge in [0, 0.05) is 11.1 Å². The Morgan fingerprint density at radius 1 is 1.43 bits per heavy atom. The SMILES string of the molecule is COc1cccc(C2=NCCO2)c1C. The van der Waals surface area contributed by atoms with Gasteiger partial charge in [0.05, 0.1) is 13.7 Å². The van der Waals surface area contributed by atoms with Crippen LogP contribution in [-0.2, 0) is 4.74 Å². The van der Waals surface area contributed by atoms with Gasteiger partial charge in [0.1, 0.15) is 12.4 Å². The fourth-order valence-corrected chi connectivity index (χ4v) is 1.57. The van der Waals surface area contributed by atoms with Crippen molar-refractivity contribution >= 4 is 5.90 Å². The standard InChI is InChI=1S/C11H13NO2/c1-8-9(11-12-6-7-14-11)4-3-5-10(8)13-2/h3-5H,6-7H2,1-2H3. The minimum absolute atomic E-state index is 0.686. The number of methoxy groups -OCH3 is 1. The largest absolute Gasteiger partial charge is 0.496 e. The second-order valence-corrected chi connectivity index (χ2v) is 3.17. The molecule has 74 valence electrons. The summed E-state index contributed by atoms with van der Waals surface area (Å²) >= 11 is 0. The molecule has 1 aliphatic rings. The summed E-state index contributed by atoms with van der Waals surface area (Å²) in [6.07, 6.45) is 0. The number of aliphatic imine (C=N–C) groups is 1. The zero-order chi connectivity index (χ0) is 9.97. The summed E-state index contributed by atoms with van der Waals surface area (Å²) < 4.78 is 10.6. The van der Waals surface area contributed by atoms with Crippen LogP contribution in [0.1, 0.15) is 11.1 Å². The van der Waals surface area contributed by atoms with Gasteiger partial charge >= 0.3 is 0 Å². The highest BCUT2D eigenvalue weighted by atomic mass is 16.5. The minimum atomic E-state index is 0.686. The summed E-state index contributed by atoms with van der Waals surface area (Å²) in [5.41, 5.74) is 2.11. The van der Waals surface area contributed by atoms with Crippen LogP contribution in [0.3, 0.4) is 0 Å². The Kier molecular flexibility index (Phi) is 2.39. The van der Waals surface area contributed by atoms with Crippen LogP contribution in [0.4, 0.5) is 0 Å². The Morgan fingerprint density at radius 3 is 2.93 bits per heavy atom. The number of ether oxygens (including phenoxy) is 2. The van der Waals surface area contributed by atoms with Gasteiger partial charge in [0.2, 0.25) is 5.90 Å². The molecule has 0 saturated heterocycles. The van der Waals surface area contributed by atoms with Crippen molar-refractivity contribution in [3.63, 3.8) is 0 Å². The molecule has 1 heterocycles. The second kappa shape index (κ2) is 3.70. The summed E-state index contributed by atoms with van der Waals surface area (Å²) in [6.45, 7) is 3.45. The highest BCUT2D eigenvalue weighted by molar-refractivity contribution is 5.96. The van der Waals surface area contributed by atoms with E-state index in [9.17, 15) is 0 Å². The van der Waals surface area contributed by atoms with Crippen LogP contribution < -0.4 is 4.74 Å². The van der Waals surface area contributed by atoms with E-state index in [-0.39, 0.29) is 0 Å². The average Bonchev–Trinajstić information content (AvgIpc) is 2.71. The summed E-state index contributed by atoms with van der Waals surface area (Å²) in [5, 5.41) is 0. The second-order valence-electron chi connectivity index (χ2n) is 3.17. The van der Waals surface area contributed by atoms with Crippen LogP contribution in [0, 0.1) is 6.92 Å². The van der Waals surface area contributed by atoms with Crippen molar-refractivity contribution in [3.05, 3.63) is 29.3 Å². The smallest absolute Gasteiger partial charge is 0.216 e. The predicted octanol–water partition coefficient (Wildman–Crippen LogP) is 1.78. The quantitative estimate of drug-likeness (QED) is 0.713. The first-order valence-electron chi connectivity index (χ1n) is 4.64. The lowest BCUT2D eigenvalue weighted by molar-refractivity contribution is 0.348. The highest BCUT2D eigenvalue weighted by Crippen LogP contribution is 2.22. The van der Waals surface area contributed by atoms with Crippen LogP contribution >= 0.6 is 0 Å². The average molecular weight is 191 g/mol. The molecule has 0 spiro atoms. The molecular weight excluding hydrogens is 178 g/mol. The zero-order valence-corrected chi connectivity index (χ0v) is 8.41. The Morgan fingerprint density at radius 2 is 2.29 bits per heavy atom. The van der Waals surface area contributed by atoms with Gasteiger partial charge in [-0.25, -0.2) is 4.99 Å². The third-order valence-electron chi connectivity index (χ3n) is 2.32. The normalized spacial score (nSPS) is 14.9. The molecule has 1 aliphatic heterocycles. The Balaban J connectivity index is 2.42. The summed E-state index contributed by atoms with van der Waals surface area (Å²) in [6, 6.07) is 5.89. The molecule has 3 heteroatoms. The topological polar surface area (TPSA) is 30.8 Å². The summed E-state index contributed by atoms with van der Waals surface area (Å²) in [5.74, 6) is 1.61. The first kappa shape index (κ1) is 9.06. The molecule has 0 amide bonds. The fraction of sp³-hybridized carbons (Fsp3) is 0.364. The summed E-state index contributed by atoms with van der Waals surface area (Å²) in [7, 11) is 1.67. The molecule has 3 nitrogen and oxygen atoms in total. The molecule has 14 heavy (non-hydrogen) atoms. The first-order valence-corrected chi connectivity index (χ1v) is 4.64. The maximum absolute atomic E-state index is 5.41. The Labute approximate surface area is 83.4 Å². The van der Waals surface area contributed by atoms with Crippen molar-refractivity contribution in [1.29, 1.82) is 0 Å². The van der Waals surface area contributed by atoms with E-state index in [1.807, 2.05) is 25.1 Å². The number of rotatable bonds is 2. The third-order valence-corrected chi connectivity index (χ3v) is 2.32. The lowest BCUT2D eigenvalue weighted by Crippen LogP contribution is -2.04. The molecule has 1 aromatic carbocycles. The number of hydrogen-bond donors (Lipinski definition) is 0. The van der Waals surface area contributed by atoms with Crippen LogP contribution in [0.15, 0.2) is 23.2 Å². The van der Waals surface area contributed by atoms with Crippen molar-refractivity contribution < 1.29 is 9.47 Å². The molecule has 0 radical (unpaired) electrons. The van der Waals surface area contributed by atoms with Crippen LogP contribution in [0.5, 0.6) is 5.75 Å². The van der Waals surface area contributed by atoms with Crippen LogP contribution in [-0.4, -0.2) is 26.2 Å². The van der Waals surface area contributed by atoms with Gasteiger partial charge in [-0.05, 0) is 19.1 Å². The molecule has 0 N–H and O–H groups in total. The third kappa shape index (κ3) is 1.45. The molecule has 1 aromatic rings. The molecule has 2 rings (SSSR count). The van der Waals surface area contributed by atoms with Gasteiger partial charge in [-0.15, -0.1) is 0 Å². The van der Waals surface area contributed by atoms with Crippen molar-refractivity contribution in [1.82, 2.24) is 0 Å². The van der Waals surface area contributed by atoms with Crippen molar-refractivity contribution in [2.45, 2.75) is 6.92 Å². The Hall–Kier alpha value is -1.51. The van der Waals surface area contributed by atoms with Crippen molar-refractivity contribution in [3.8, 4) is 5.75 Å². The fourth-order valence-electron chi connectivity index (χ4n) is 1.57. The number of benzene rings is 1. The zero-order valence-electron chi connectivity index (χ0n) is 8.41. The lowest BCUT2D eigenvalue weighted by atomic mass is 10.1. The molecule has 0 bridgehead atoms. The van der Waals surface area contributed by atoms with E-state index >= 15 is 0 Å². The van der Waals surface area contributed by atoms with Crippen molar-refractivity contribution in [2.24, 2.45) is 4.99 Å². The van der Waals surface area contributed by atoms with E-state index in [0.717, 1.165) is 29.3 Å². The molecule has 0 fully saturated rings. The van der Waals surface area contributed by atoms with E-state index in [2.05, 4.69) is 4.99 Å². The van der Waals surface area contributed by atoms with E-state index in [0.29, 0.717) is 6.61 Å². The van der Waals surface area contributed by atoms with Crippen LogP contribution in [0.2, 0.25) is 0 Å². The monoisotopic (exact) mass is 191 g/mol. The maximum Gasteiger partial charge on any atom is 0.216 e. The van der Waals surface area contributed by atoms with Gasteiger partial charge in [-0.2, -0.15) is 0 Å². The van der Waals surface area contributed by atoms with E-state index < -0.39 is 0 Å². The summed E-state index contributed by atoms with van der Waals surface area (Å²) in [4.78, 5) is 4.28. The number of nitrogens with zero attached hydrogens (tertiary/aromatic N) is 1. The predicted molar refractivity (Wildman–Crippen MR) is 55.1 cm³/mol. The van der Waals surface area contributed by atoms with Crippen LogP contribution in [0.25, 0.3) is 0 Å².